The predicted octanol–water partition coefficient (Wildman–Crippen LogP) is 0.444. The van der Waals surface area contributed by atoms with Gasteiger partial charge in [-0.25, -0.2) is 9.44 Å². The van der Waals surface area contributed by atoms with Crippen molar-refractivity contribution in [3.05, 3.63) is 0 Å². The van der Waals surface area contributed by atoms with Crippen LogP contribution in [0.3, 0.4) is 0 Å². The molecule has 2 N–H and O–H groups in total. The Morgan fingerprint density at radius 3 is 1.64 bits per heavy atom. The Kier molecular flexibility index (Phi) is 9.08. The zero-order valence-electron chi connectivity index (χ0n) is 18.0. The van der Waals surface area contributed by atoms with E-state index in [1.807, 2.05) is 9.44 Å². The third kappa shape index (κ3) is 7.64. The molecule has 2 amide bonds. The molecular formula is C16H34N4O6S2. The second-order valence-corrected chi connectivity index (χ2v) is 11.6. The molecule has 0 aromatic heterocycles. The minimum Gasteiger partial charge on any atom is -0.273 e. The quantitative estimate of drug-likeness (QED) is 0.504. The van der Waals surface area contributed by atoms with Crippen LogP contribution in [0.25, 0.3) is 0 Å². The predicted molar refractivity (Wildman–Crippen MR) is 108 cm³/mol. The standard InChI is InChI=1S/C16H34N4O6S2/c1-9-20(10-2)28(25,26)18-14(22)16(6,7)11-12-19(8)27(23,24)17-13(21)15(3,4)5/h9-12H2,1-8H3,(H,17,21)(H,18,22). The highest BCUT2D eigenvalue weighted by Crippen LogP contribution is 2.22. The van der Waals surface area contributed by atoms with Crippen LogP contribution >= 0.6 is 0 Å². The van der Waals surface area contributed by atoms with Crippen LogP contribution in [0.15, 0.2) is 0 Å². The maximum atomic E-state index is 12.4. The smallest absolute Gasteiger partial charge is 0.273 e. The van der Waals surface area contributed by atoms with E-state index in [9.17, 15) is 26.4 Å². The van der Waals surface area contributed by atoms with E-state index in [0.717, 1.165) is 8.61 Å². The summed E-state index contributed by atoms with van der Waals surface area (Å²) in [5, 5.41) is 0. The molecule has 12 heteroatoms. The van der Waals surface area contributed by atoms with Gasteiger partial charge in [-0.05, 0) is 6.42 Å². The van der Waals surface area contributed by atoms with Crippen LogP contribution < -0.4 is 9.44 Å². The number of nitrogens with one attached hydrogen (secondary N) is 2. The zero-order valence-corrected chi connectivity index (χ0v) is 19.6. The van der Waals surface area contributed by atoms with Gasteiger partial charge in [0.05, 0.1) is 0 Å². The van der Waals surface area contributed by atoms with Gasteiger partial charge in [0.2, 0.25) is 11.8 Å². The van der Waals surface area contributed by atoms with Crippen LogP contribution in [-0.4, -0.2) is 63.9 Å². The maximum Gasteiger partial charge on any atom is 0.303 e. The summed E-state index contributed by atoms with van der Waals surface area (Å²) in [7, 11) is -6.75. The minimum atomic E-state index is -4.07. The van der Waals surface area contributed by atoms with E-state index in [4.69, 9.17) is 0 Å². The molecule has 0 spiro atoms. The molecule has 28 heavy (non-hydrogen) atoms. The van der Waals surface area contributed by atoms with Gasteiger partial charge in [-0.2, -0.15) is 25.4 Å². The van der Waals surface area contributed by atoms with Crippen LogP contribution in [0.4, 0.5) is 0 Å². The molecule has 0 rings (SSSR count). The average Bonchev–Trinajstić information content (AvgIpc) is 2.51. The van der Waals surface area contributed by atoms with Crippen molar-refractivity contribution in [2.24, 2.45) is 10.8 Å². The highest BCUT2D eigenvalue weighted by atomic mass is 32.2. The van der Waals surface area contributed by atoms with Crippen LogP contribution in [0.1, 0.15) is 54.9 Å². The van der Waals surface area contributed by atoms with Crippen LogP contribution in [0, 0.1) is 10.8 Å². The lowest BCUT2D eigenvalue weighted by molar-refractivity contribution is -0.128. The highest BCUT2D eigenvalue weighted by Gasteiger charge is 2.34. The fourth-order valence-electron chi connectivity index (χ4n) is 1.90. The fraction of sp³-hybridized carbons (Fsp3) is 0.875. The van der Waals surface area contributed by atoms with Crippen molar-refractivity contribution in [1.82, 2.24) is 18.1 Å². The van der Waals surface area contributed by atoms with Crippen molar-refractivity contribution in [3.8, 4) is 0 Å². The van der Waals surface area contributed by atoms with Crippen LogP contribution in [0.5, 0.6) is 0 Å². The van der Waals surface area contributed by atoms with Gasteiger partial charge in [-0.1, -0.05) is 48.5 Å². The van der Waals surface area contributed by atoms with E-state index in [2.05, 4.69) is 0 Å². The molecule has 0 aromatic carbocycles. The van der Waals surface area contributed by atoms with E-state index >= 15 is 0 Å². The van der Waals surface area contributed by atoms with Gasteiger partial charge >= 0.3 is 20.4 Å². The molecule has 0 aliphatic carbocycles. The van der Waals surface area contributed by atoms with E-state index in [0.29, 0.717) is 0 Å². The fourth-order valence-corrected chi connectivity index (χ4v) is 4.25. The SMILES string of the molecule is CCN(CC)S(=O)(=O)NC(=O)C(C)(C)CCN(C)S(=O)(=O)NC(=O)C(C)(C)C. The third-order valence-corrected chi connectivity index (χ3v) is 7.33. The van der Waals surface area contributed by atoms with E-state index in [1.165, 1.54) is 20.9 Å². The number of nitrogens with zero attached hydrogens (tertiary/aromatic N) is 2. The largest absolute Gasteiger partial charge is 0.303 e. The van der Waals surface area contributed by atoms with Gasteiger partial charge in [0.25, 0.3) is 0 Å². The van der Waals surface area contributed by atoms with Crippen molar-refractivity contribution in [1.29, 1.82) is 0 Å². The van der Waals surface area contributed by atoms with Gasteiger partial charge in [0, 0.05) is 37.5 Å². The summed E-state index contributed by atoms with van der Waals surface area (Å²) in [6.45, 7) is 11.5. The number of carbonyl (C=O) groups excluding carboxylic acids is 2. The zero-order chi connectivity index (χ0) is 22.6. The summed E-state index contributed by atoms with van der Waals surface area (Å²) in [6.07, 6.45) is 0.0493. The second kappa shape index (κ2) is 9.51. The Morgan fingerprint density at radius 2 is 1.25 bits per heavy atom. The molecule has 0 aliphatic rings. The molecule has 0 aromatic rings. The first-order valence-corrected chi connectivity index (χ1v) is 11.9. The molecule has 166 valence electrons. The molecule has 0 atom stereocenters. The van der Waals surface area contributed by atoms with Crippen molar-refractivity contribution in [3.63, 3.8) is 0 Å². The summed E-state index contributed by atoms with van der Waals surface area (Å²) in [5.74, 6) is -1.38. The van der Waals surface area contributed by atoms with Gasteiger partial charge in [0.15, 0.2) is 0 Å². The first-order chi connectivity index (χ1) is 12.4. The van der Waals surface area contributed by atoms with Crippen LogP contribution in [-0.2, 0) is 30.0 Å². The van der Waals surface area contributed by atoms with E-state index in [-0.39, 0.29) is 26.1 Å². The lowest BCUT2D eigenvalue weighted by atomic mass is 9.89. The molecular weight excluding hydrogens is 408 g/mol. The molecule has 0 fully saturated rings. The Balaban J connectivity index is 5.07. The first kappa shape index (κ1) is 26.8. The molecule has 0 heterocycles. The molecule has 0 radical (unpaired) electrons. The number of hydrogen-bond acceptors (Lipinski definition) is 6. The highest BCUT2D eigenvalue weighted by molar-refractivity contribution is 7.88. The summed E-state index contributed by atoms with van der Waals surface area (Å²) in [5.41, 5.74) is -2.04. The summed E-state index contributed by atoms with van der Waals surface area (Å²) in [4.78, 5) is 24.4. The van der Waals surface area contributed by atoms with Gasteiger partial charge in [-0.3, -0.25) is 9.59 Å². The summed E-state index contributed by atoms with van der Waals surface area (Å²) in [6, 6.07) is 0. The van der Waals surface area contributed by atoms with Gasteiger partial charge in [0.1, 0.15) is 0 Å². The van der Waals surface area contributed by atoms with E-state index < -0.39 is 43.1 Å². The van der Waals surface area contributed by atoms with Gasteiger partial charge in [-0.15, -0.1) is 0 Å². The number of hydrogen-bond donors (Lipinski definition) is 2. The monoisotopic (exact) mass is 442 g/mol. The molecule has 0 bridgehead atoms. The number of amides is 2. The lowest BCUT2D eigenvalue weighted by Gasteiger charge is -2.28. The summed E-state index contributed by atoms with van der Waals surface area (Å²) >= 11 is 0. The lowest BCUT2D eigenvalue weighted by Crippen LogP contribution is -2.49. The number of carbonyl (C=O) groups is 2. The van der Waals surface area contributed by atoms with Crippen LogP contribution in [0.2, 0.25) is 0 Å². The Bertz CT molecular complexity index is 765. The Hall–Kier alpha value is -1.24. The Morgan fingerprint density at radius 1 is 0.821 bits per heavy atom. The van der Waals surface area contributed by atoms with Crippen molar-refractivity contribution in [2.75, 3.05) is 26.7 Å². The molecule has 0 aliphatic heterocycles. The second-order valence-electron chi connectivity index (χ2n) is 8.16. The van der Waals surface area contributed by atoms with Crippen molar-refractivity contribution >= 4 is 32.2 Å². The minimum absolute atomic E-state index is 0.0493. The van der Waals surface area contributed by atoms with Gasteiger partial charge < -0.3 is 0 Å². The molecule has 0 saturated carbocycles. The third-order valence-electron chi connectivity index (χ3n) is 4.25. The molecule has 10 nitrogen and oxygen atoms in total. The first-order valence-electron chi connectivity index (χ1n) is 9.01. The number of rotatable bonds is 10. The van der Waals surface area contributed by atoms with Crippen molar-refractivity contribution < 1.29 is 26.4 Å². The maximum absolute atomic E-state index is 12.4. The topological polar surface area (TPSA) is 133 Å². The van der Waals surface area contributed by atoms with E-state index in [1.54, 1.807) is 34.6 Å². The normalized spacial score (nSPS) is 13.6. The Labute approximate surface area is 169 Å². The average molecular weight is 443 g/mol. The molecule has 0 unspecified atom stereocenters. The van der Waals surface area contributed by atoms with Crippen molar-refractivity contribution in [2.45, 2.75) is 54.9 Å². The summed E-state index contributed by atoms with van der Waals surface area (Å²) < 4.78 is 55.0. The molecule has 0 saturated heterocycles.